The molecule has 1 amide bonds. The van der Waals surface area contributed by atoms with Gasteiger partial charge in [0.2, 0.25) is 5.91 Å². The van der Waals surface area contributed by atoms with Crippen LogP contribution in [0.15, 0.2) is 6.33 Å². The van der Waals surface area contributed by atoms with Gasteiger partial charge in [-0.3, -0.25) is 4.79 Å². The summed E-state index contributed by atoms with van der Waals surface area (Å²) in [7, 11) is 0. The second kappa shape index (κ2) is 1.73. The summed E-state index contributed by atoms with van der Waals surface area (Å²) in [6.07, 6.45) is 2.68. The van der Waals surface area contributed by atoms with Gasteiger partial charge in [0.15, 0.2) is 5.82 Å². The van der Waals surface area contributed by atoms with E-state index in [1.54, 1.807) is 0 Å². The molecule has 1 radical (unpaired) electrons. The SMILES string of the molecule is O=C1[CH]c2ncnnc2N1. The molecular weight excluding hydrogens is 132 g/mol. The molecular formula is C5H3N4O. The van der Waals surface area contributed by atoms with E-state index in [9.17, 15) is 4.79 Å². The number of carbonyl (C=O) groups excluding carboxylic acids is 1. The average Bonchev–Trinajstić information content (AvgIpc) is 2.27. The molecule has 0 saturated heterocycles. The third-order valence-corrected chi connectivity index (χ3v) is 1.16. The molecule has 1 aliphatic heterocycles. The zero-order valence-corrected chi connectivity index (χ0v) is 4.90. The molecule has 0 saturated carbocycles. The maximum Gasteiger partial charge on any atom is 0.236 e. The number of aromatic nitrogens is 3. The largest absolute Gasteiger partial charge is 0.307 e. The highest BCUT2D eigenvalue weighted by Gasteiger charge is 2.20. The lowest BCUT2D eigenvalue weighted by atomic mass is 10.4. The number of nitrogens with zero attached hydrogens (tertiary/aromatic N) is 3. The van der Waals surface area contributed by atoms with Crippen molar-refractivity contribution in [2.75, 3.05) is 5.32 Å². The Hall–Kier alpha value is -1.52. The Kier molecular flexibility index (Phi) is 0.913. The van der Waals surface area contributed by atoms with Gasteiger partial charge in [-0.05, 0) is 0 Å². The van der Waals surface area contributed by atoms with E-state index in [-0.39, 0.29) is 5.91 Å². The van der Waals surface area contributed by atoms with E-state index in [4.69, 9.17) is 0 Å². The first-order valence-electron chi connectivity index (χ1n) is 2.70. The van der Waals surface area contributed by atoms with E-state index in [1.807, 2.05) is 0 Å². The van der Waals surface area contributed by atoms with Crippen molar-refractivity contribution in [3.05, 3.63) is 18.4 Å². The van der Waals surface area contributed by atoms with Crippen molar-refractivity contribution < 1.29 is 4.79 Å². The van der Waals surface area contributed by atoms with Gasteiger partial charge in [-0.15, -0.1) is 10.2 Å². The second-order valence-electron chi connectivity index (χ2n) is 1.83. The summed E-state index contributed by atoms with van der Waals surface area (Å²) in [6.45, 7) is 0. The molecule has 1 aliphatic rings. The second-order valence-corrected chi connectivity index (χ2v) is 1.83. The first-order chi connectivity index (χ1) is 4.86. The Balaban J connectivity index is 2.51. The van der Waals surface area contributed by atoms with E-state index in [2.05, 4.69) is 20.5 Å². The van der Waals surface area contributed by atoms with Crippen LogP contribution in [0.4, 0.5) is 5.82 Å². The number of anilines is 1. The zero-order valence-electron chi connectivity index (χ0n) is 4.90. The van der Waals surface area contributed by atoms with Gasteiger partial charge in [0, 0.05) is 0 Å². The van der Waals surface area contributed by atoms with Crippen molar-refractivity contribution in [3.63, 3.8) is 0 Å². The number of nitrogens with one attached hydrogen (secondary N) is 1. The lowest BCUT2D eigenvalue weighted by molar-refractivity contribution is -0.112. The molecule has 1 aromatic rings. The van der Waals surface area contributed by atoms with Crippen molar-refractivity contribution in [1.29, 1.82) is 0 Å². The Morgan fingerprint density at radius 2 is 2.40 bits per heavy atom. The highest BCUT2D eigenvalue weighted by atomic mass is 16.1. The quantitative estimate of drug-likeness (QED) is 0.514. The molecule has 0 aromatic carbocycles. The van der Waals surface area contributed by atoms with Gasteiger partial charge in [-0.2, -0.15) is 0 Å². The van der Waals surface area contributed by atoms with Crippen LogP contribution < -0.4 is 5.32 Å². The van der Waals surface area contributed by atoms with Crippen LogP contribution in [-0.4, -0.2) is 21.1 Å². The number of amides is 1. The van der Waals surface area contributed by atoms with Crippen molar-refractivity contribution in [1.82, 2.24) is 15.2 Å². The first-order valence-corrected chi connectivity index (χ1v) is 2.70. The Morgan fingerprint density at radius 1 is 1.50 bits per heavy atom. The van der Waals surface area contributed by atoms with Crippen LogP contribution in [0.5, 0.6) is 0 Å². The van der Waals surface area contributed by atoms with Gasteiger partial charge in [-0.1, -0.05) is 0 Å². The smallest absolute Gasteiger partial charge is 0.236 e. The number of carbonyl (C=O) groups is 1. The fourth-order valence-electron chi connectivity index (χ4n) is 0.756. The number of rotatable bonds is 0. The Bertz CT molecular complexity index is 258. The van der Waals surface area contributed by atoms with Crippen LogP contribution in [0.25, 0.3) is 0 Å². The molecule has 10 heavy (non-hydrogen) atoms. The molecule has 5 nitrogen and oxygen atoms in total. The number of fused-ring (bicyclic) bond motifs is 1. The molecule has 0 atom stereocenters. The molecule has 0 unspecified atom stereocenters. The minimum Gasteiger partial charge on any atom is -0.307 e. The van der Waals surface area contributed by atoms with Crippen molar-refractivity contribution in [3.8, 4) is 0 Å². The molecule has 0 bridgehead atoms. The molecule has 0 fully saturated rings. The van der Waals surface area contributed by atoms with E-state index >= 15 is 0 Å². The van der Waals surface area contributed by atoms with Crippen LogP contribution in [0.1, 0.15) is 5.69 Å². The van der Waals surface area contributed by atoms with Crippen LogP contribution >= 0.6 is 0 Å². The van der Waals surface area contributed by atoms with Gasteiger partial charge in [0.1, 0.15) is 18.4 Å². The van der Waals surface area contributed by atoms with Crippen molar-refractivity contribution >= 4 is 11.7 Å². The molecule has 2 rings (SSSR count). The first kappa shape index (κ1) is 5.28. The van der Waals surface area contributed by atoms with Gasteiger partial charge >= 0.3 is 0 Å². The van der Waals surface area contributed by atoms with Crippen LogP contribution in [0, 0.1) is 6.42 Å². The van der Waals surface area contributed by atoms with Crippen LogP contribution in [0.2, 0.25) is 0 Å². The molecule has 2 heterocycles. The van der Waals surface area contributed by atoms with Crippen LogP contribution in [0.3, 0.4) is 0 Å². The third kappa shape index (κ3) is 0.637. The normalized spacial score (nSPS) is 14.6. The summed E-state index contributed by atoms with van der Waals surface area (Å²) in [4.78, 5) is 14.4. The lowest BCUT2D eigenvalue weighted by Gasteiger charge is -1.89. The maximum atomic E-state index is 10.6. The average molecular weight is 135 g/mol. The van der Waals surface area contributed by atoms with Crippen molar-refractivity contribution in [2.45, 2.75) is 0 Å². The van der Waals surface area contributed by atoms with E-state index in [0.29, 0.717) is 11.5 Å². The fraction of sp³-hybridized carbons (Fsp3) is 0. The minimum atomic E-state index is -0.192. The summed E-state index contributed by atoms with van der Waals surface area (Å²) in [5.41, 5.74) is 0.556. The predicted molar refractivity (Wildman–Crippen MR) is 31.9 cm³/mol. The molecule has 0 aliphatic carbocycles. The summed E-state index contributed by atoms with van der Waals surface area (Å²) in [5.74, 6) is 0.246. The molecule has 5 heteroatoms. The van der Waals surface area contributed by atoms with Gasteiger partial charge in [0.05, 0.1) is 0 Å². The summed E-state index contributed by atoms with van der Waals surface area (Å²) < 4.78 is 0. The number of hydrogen-bond donors (Lipinski definition) is 1. The fourth-order valence-corrected chi connectivity index (χ4v) is 0.756. The Morgan fingerprint density at radius 3 is 3.20 bits per heavy atom. The Labute approximate surface area is 56.5 Å². The molecule has 1 aromatic heterocycles. The summed E-state index contributed by atoms with van der Waals surface area (Å²) in [5, 5.41) is 9.60. The van der Waals surface area contributed by atoms with Gasteiger partial charge in [-0.25, -0.2) is 4.98 Å². The van der Waals surface area contributed by atoms with E-state index in [1.165, 1.54) is 12.7 Å². The van der Waals surface area contributed by atoms with Gasteiger partial charge in [0.25, 0.3) is 0 Å². The van der Waals surface area contributed by atoms with Crippen LogP contribution in [-0.2, 0) is 4.79 Å². The predicted octanol–water partition coefficient (Wildman–Crippen LogP) is -0.624. The van der Waals surface area contributed by atoms with Gasteiger partial charge < -0.3 is 5.32 Å². The highest BCUT2D eigenvalue weighted by molar-refractivity contribution is 6.04. The standard InChI is InChI=1S/C5H3N4O/c10-4-1-3-5(8-4)9-7-2-6-3/h1-2H,(H,8,9,10). The van der Waals surface area contributed by atoms with E-state index in [0.717, 1.165) is 0 Å². The maximum absolute atomic E-state index is 10.6. The summed E-state index contributed by atoms with van der Waals surface area (Å²) >= 11 is 0. The highest BCUT2D eigenvalue weighted by Crippen LogP contribution is 2.16. The summed E-state index contributed by atoms with van der Waals surface area (Å²) in [6, 6.07) is 0. The minimum absolute atomic E-state index is 0.192. The third-order valence-electron chi connectivity index (χ3n) is 1.16. The molecule has 1 N–H and O–H groups in total. The molecule has 0 spiro atoms. The van der Waals surface area contributed by atoms with E-state index < -0.39 is 0 Å². The zero-order chi connectivity index (χ0) is 6.97. The van der Waals surface area contributed by atoms with Crippen molar-refractivity contribution in [2.24, 2.45) is 0 Å². The topological polar surface area (TPSA) is 67.8 Å². The lowest BCUT2D eigenvalue weighted by Crippen LogP contribution is -2.03. The molecule has 49 valence electrons. The monoisotopic (exact) mass is 135 g/mol. The number of hydrogen-bond acceptors (Lipinski definition) is 4.